The lowest BCUT2D eigenvalue weighted by Crippen LogP contribution is -2.14. The molecule has 0 saturated heterocycles. The number of ether oxygens (including phenoxy) is 1. The molecule has 0 aliphatic carbocycles. The molecule has 2 N–H and O–H groups in total. The highest BCUT2D eigenvalue weighted by atomic mass is 79.9. The number of halogens is 2. The average Bonchev–Trinajstić information content (AvgIpc) is 2.50. The van der Waals surface area contributed by atoms with Crippen molar-refractivity contribution in [1.29, 1.82) is 0 Å². The summed E-state index contributed by atoms with van der Waals surface area (Å²) in [5, 5.41) is 13.0. The minimum Gasteiger partial charge on any atom is -0.492 e. The summed E-state index contributed by atoms with van der Waals surface area (Å²) in [6.07, 6.45) is 0. The fraction of sp³-hybridized carbons (Fsp3) is 0.235. The maximum Gasteiger partial charge on any atom is 0.337 e. The molecule has 0 atom stereocenters. The number of aromatic carboxylic acids is 1. The van der Waals surface area contributed by atoms with Gasteiger partial charge in [0.2, 0.25) is 0 Å². The molecule has 0 spiro atoms. The second-order valence-corrected chi connectivity index (χ2v) is 6.43. The third-order valence-electron chi connectivity index (χ3n) is 3.31. The number of hydrogen-bond donors (Lipinski definition) is 2. The lowest BCUT2D eigenvalue weighted by molar-refractivity contribution is 0.0698. The fourth-order valence-corrected chi connectivity index (χ4v) is 2.66. The van der Waals surface area contributed by atoms with Crippen molar-refractivity contribution >= 4 is 39.2 Å². The maximum atomic E-state index is 11.2. The van der Waals surface area contributed by atoms with E-state index in [9.17, 15) is 9.90 Å². The van der Waals surface area contributed by atoms with Gasteiger partial charge in [0.15, 0.2) is 0 Å². The van der Waals surface area contributed by atoms with E-state index in [1.807, 2.05) is 26.0 Å². The molecule has 0 bridgehead atoms. The quantitative estimate of drug-likeness (QED) is 0.679. The smallest absolute Gasteiger partial charge is 0.337 e. The largest absolute Gasteiger partial charge is 0.492 e. The van der Waals surface area contributed by atoms with Crippen LogP contribution in [-0.4, -0.2) is 24.2 Å². The van der Waals surface area contributed by atoms with Crippen molar-refractivity contribution in [1.82, 2.24) is 0 Å². The van der Waals surface area contributed by atoms with Gasteiger partial charge in [0, 0.05) is 21.7 Å². The molecule has 0 heterocycles. The Bertz CT molecular complexity index is 711. The molecule has 2 aromatic rings. The molecule has 6 heteroatoms. The first kappa shape index (κ1) is 17.6. The van der Waals surface area contributed by atoms with Gasteiger partial charge in [0.05, 0.1) is 5.56 Å². The summed E-state index contributed by atoms with van der Waals surface area (Å²) in [4.78, 5) is 11.2. The van der Waals surface area contributed by atoms with Gasteiger partial charge in [0.1, 0.15) is 12.4 Å². The van der Waals surface area contributed by atoms with Gasteiger partial charge >= 0.3 is 5.97 Å². The van der Waals surface area contributed by atoms with Crippen molar-refractivity contribution < 1.29 is 14.6 Å². The second-order valence-electron chi connectivity index (χ2n) is 5.14. The predicted molar refractivity (Wildman–Crippen MR) is 96.0 cm³/mol. The van der Waals surface area contributed by atoms with Gasteiger partial charge in [-0.15, -0.1) is 0 Å². The van der Waals surface area contributed by atoms with E-state index in [0.29, 0.717) is 18.8 Å². The number of carboxylic acid groups (broad SMARTS) is 1. The molecule has 0 aliphatic rings. The van der Waals surface area contributed by atoms with E-state index >= 15 is 0 Å². The molecule has 0 aliphatic heterocycles. The number of hydrogen-bond acceptors (Lipinski definition) is 3. The molecule has 2 rings (SSSR count). The molecule has 0 fully saturated rings. The highest BCUT2D eigenvalue weighted by Crippen LogP contribution is 2.26. The molecule has 0 radical (unpaired) electrons. The van der Waals surface area contributed by atoms with Gasteiger partial charge in [0.25, 0.3) is 0 Å². The molecule has 0 unspecified atom stereocenters. The molecular weight excluding hydrogens is 382 g/mol. The molecule has 0 amide bonds. The number of carboxylic acids is 1. The zero-order valence-corrected chi connectivity index (χ0v) is 15.2. The van der Waals surface area contributed by atoms with Crippen LogP contribution in [0.25, 0.3) is 0 Å². The van der Waals surface area contributed by atoms with E-state index < -0.39 is 5.97 Å². The zero-order valence-electron chi connectivity index (χ0n) is 12.8. The minimum absolute atomic E-state index is 0.220. The molecule has 4 nitrogen and oxygen atoms in total. The van der Waals surface area contributed by atoms with E-state index in [1.165, 1.54) is 0 Å². The van der Waals surface area contributed by atoms with Crippen molar-refractivity contribution in [3.63, 3.8) is 0 Å². The van der Waals surface area contributed by atoms with Crippen molar-refractivity contribution in [3.05, 3.63) is 56.5 Å². The Kier molecular flexibility index (Phi) is 5.91. The molecular formula is C17H17BrClNO3. The van der Waals surface area contributed by atoms with Crippen molar-refractivity contribution in [3.8, 4) is 5.75 Å². The van der Waals surface area contributed by atoms with Gasteiger partial charge in [-0.2, -0.15) is 0 Å². The number of nitrogens with one attached hydrogen (secondary N) is 1. The normalized spacial score (nSPS) is 10.4. The van der Waals surface area contributed by atoms with Crippen LogP contribution < -0.4 is 10.1 Å². The van der Waals surface area contributed by atoms with E-state index in [0.717, 1.165) is 26.4 Å². The summed E-state index contributed by atoms with van der Waals surface area (Å²) in [7, 11) is 0. The highest BCUT2D eigenvalue weighted by Gasteiger charge is 2.10. The van der Waals surface area contributed by atoms with Gasteiger partial charge in [-0.05, 0) is 55.3 Å². The third-order valence-corrected chi connectivity index (χ3v) is 4.40. The van der Waals surface area contributed by atoms with Crippen LogP contribution in [0.15, 0.2) is 34.8 Å². The van der Waals surface area contributed by atoms with Crippen molar-refractivity contribution in [2.45, 2.75) is 13.8 Å². The maximum absolute atomic E-state index is 11.2. The van der Waals surface area contributed by atoms with Crippen LogP contribution in [0.1, 0.15) is 21.5 Å². The monoisotopic (exact) mass is 397 g/mol. The Morgan fingerprint density at radius 3 is 2.52 bits per heavy atom. The molecule has 0 aromatic heterocycles. The predicted octanol–water partition coefficient (Wildman–Crippen LogP) is 4.91. The van der Waals surface area contributed by atoms with E-state index in [-0.39, 0.29) is 5.56 Å². The van der Waals surface area contributed by atoms with Crippen LogP contribution in [-0.2, 0) is 0 Å². The Balaban J connectivity index is 1.95. The number of carbonyl (C=O) groups is 1. The first-order chi connectivity index (χ1) is 10.9. The highest BCUT2D eigenvalue weighted by molar-refractivity contribution is 9.10. The number of anilines is 1. The SMILES string of the molecule is Cc1cc(OCCNc2ccc(Br)cc2C(=O)O)cc(C)c1Cl. The van der Waals surface area contributed by atoms with Crippen LogP contribution in [0.4, 0.5) is 5.69 Å². The molecule has 2 aromatic carbocycles. The van der Waals surface area contributed by atoms with Crippen LogP contribution in [0.3, 0.4) is 0 Å². The Morgan fingerprint density at radius 2 is 1.91 bits per heavy atom. The summed E-state index contributed by atoms with van der Waals surface area (Å²) in [6, 6.07) is 8.86. The molecule has 0 saturated carbocycles. The third kappa shape index (κ3) is 4.62. The fourth-order valence-electron chi connectivity index (χ4n) is 2.19. The number of aryl methyl sites for hydroxylation is 2. The van der Waals surface area contributed by atoms with E-state index in [4.69, 9.17) is 16.3 Å². The lowest BCUT2D eigenvalue weighted by atomic mass is 10.1. The number of rotatable bonds is 6. The van der Waals surface area contributed by atoms with Crippen molar-refractivity contribution in [2.75, 3.05) is 18.5 Å². The summed E-state index contributed by atoms with van der Waals surface area (Å²) >= 11 is 9.39. The lowest BCUT2D eigenvalue weighted by Gasteiger charge is -2.12. The topological polar surface area (TPSA) is 58.6 Å². The van der Waals surface area contributed by atoms with Gasteiger partial charge in [-0.1, -0.05) is 27.5 Å². The first-order valence-corrected chi connectivity index (χ1v) is 8.22. The standard InChI is InChI=1S/C17H17BrClNO3/c1-10-7-13(8-11(2)16(10)19)23-6-5-20-15-4-3-12(18)9-14(15)17(21)22/h3-4,7-9,20H,5-6H2,1-2H3,(H,21,22). The molecule has 23 heavy (non-hydrogen) atoms. The Labute approximate surface area is 148 Å². The average molecular weight is 399 g/mol. The van der Waals surface area contributed by atoms with Crippen LogP contribution in [0.2, 0.25) is 5.02 Å². The van der Waals surface area contributed by atoms with Crippen molar-refractivity contribution in [2.24, 2.45) is 0 Å². The number of benzene rings is 2. The van der Waals surface area contributed by atoms with Gasteiger partial charge < -0.3 is 15.2 Å². The summed E-state index contributed by atoms with van der Waals surface area (Å²) < 4.78 is 6.42. The Morgan fingerprint density at radius 1 is 1.26 bits per heavy atom. The Hall–Kier alpha value is -1.72. The van der Waals surface area contributed by atoms with Gasteiger partial charge in [-0.3, -0.25) is 0 Å². The summed E-state index contributed by atoms with van der Waals surface area (Å²) in [5.41, 5.74) is 2.72. The van der Waals surface area contributed by atoms with E-state index in [2.05, 4.69) is 21.2 Å². The minimum atomic E-state index is -0.973. The zero-order chi connectivity index (χ0) is 17.0. The summed E-state index contributed by atoms with van der Waals surface area (Å²) in [5.74, 6) is -0.223. The van der Waals surface area contributed by atoms with Crippen LogP contribution >= 0.6 is 27.5 Å². The van der Waals surface area contributed by atoms with Crippen LogP contribution in [0.5, 0.6) is 5.75 Å². The van der Waals surface area contributed by atoms with Crippen LogP contribution in [0, 0.1) is 13.8 Å². The first-order valence-electron chi connectivity index (χ1n) is 7.04. The second kappa shape index (κ2) is 7.70. The molecule has 122 valence electrons. The van der Waals surface area contributed by atoms with Gasteiger partial charge in [-0.25, -0.2) is 4.79 Å². The van der Waals surface area contributed by atoms with E-state index in [1.54, 1.807) is 18.2 Å². The summed E-state index contributed by atoms with van der Waals surface area (Å²) in [6.45, 7) is 4.76.